The van der Waals surface area contributed by atoms with E-state index in [1.165, 1.54) is 12.1 Å². The van der Waals surface area contributed by atoms with Crippen LogP contribution in [0.1, 0.15) is 11.1 Å². The second kappa shape index (κ2) is 7.99. The second-order valence-electron chi connectivity index (χ2n) is 5.14. The standard InChI is InChI=1S/C16H13BrClFN4OS/c17-12-2-4-15(24-8-10-1-3-13(19)6-14(10)18)11(5-12)7-21-23-9-20-22-16(23)25/h1-6,9,21H,7-8H2,(H,22,25). The summed E-state index contributed by atoms with van der Waals surface area (Å²) in [6.45, 7) is 0.707. The third-order valence-corrected chi connectivity index (χ3v) is 4.55. The number of halogens is 3. The van der Waals surface area contributed by atoms with Crippen molar-refractivity contribution in [1.29, 1.82) is 0 Å². The largest absolute Gasteiger partial charge is 0.488 e. The molecular formula is C16H13BrClFN4OS. The van der Waals surface area contributed by atoms with E-state index in [4.69, 9.17) is 28.6 Å². The predicted molar refractivity (Wildman–Crippen MR) is 100 cm³/mol. The molecule has 1 aromatic heterocycles. The van der Waals surface area contributed by atoms with Crippen molar-refractivity contribution < 1.29 is 9.13 Å². The zero-order chi connectivity index (χ0) is 17.8. The summed E-state index contributed by atoms with van der Waals surface area (Å²) in [4.78, 5) is 0. The number of ether oxygens (including phenoxy) is 1. The van der Waals surface area contributed by atoms with Crippen molar-refractivity contribution >= 4 is 39.7 Å². The molecular weight excluding hydrogens is 431 g/mol. The van der Waals surface area contributed by atoms with E-state index >= 15 is 0 Å². The summed E-state index contributed by atoms with van der Waals surface area (Å²) in [5, 5.41) is 6.85. The van der Waals surface area contributed by atoms with Gasteiger partial charge >= 0.3 is 0 Å². The first-order chi connectivity index (χ1) is 12.0. The number of hydrogen-bond acceptors (Lipinski definition) is 4. The monoisotopic (exact) mass is 442 g/mol. The van der Waals surface area contributed by atoms with Gasteiger partial charge in [0, 0.05) is 15.6 Å². The highest BCUT2D eigenvalue weighted by Crippen LogP contribution is 2.26. The molecule has 3 aromatic rings. The van der Waals surface area contributed by atoms with Crippen molar-refractivity contribution in [3.05, 3.63) is 73.9 Å². The van der Waals surface area contributed by atoms with Crippen molar-refractivity contribution in [1.82, 2.24) is 14.9 Å². The Kier molecular flexibility index (Phi) is 5.72. The van der Waals surface area contributed by atoms with Gasteiger partial charge in [-0.25, -0.2) is 9.07 Å². The molecule has 25 heavy (non-hydrogen) atoms. The first-order valence-electron chi connectivity index (χ1n) is 7.24. The fourth-order valence-electron chi connectivity index (χ4n) is 2.15. The molecule has 0 atom stereocenters. The van der Waals surface area contributed by atoms with Crippen molar-refractivity contribution in [2.45, 2.75) is 13.2 Å². The van der Waals surface area contributed by atoms with Crippen LogP contribution in [0.2, 0.25) is 5.02 Å². The maximum atomic E-state index is 13.1. The third-order valence-electron chi connectivity index (χ3n) is 3.41. The zero-order valence-electron chi connectivity index (χ0n) is 12.8. The van der Waals surface area contributed by atoms with Gasteiger partial charge < -0.3 is 10.2 Å². The van der Waals surface area contributed by atoms with E-state index in [0.29, 0.717) is 27.7 Å². The van der Waals surface area contributed by atoms with Gasteiger partial charge in [0.1, 0.15) is 24.5 Å². The summed E-state index contributed by atoms with van der Waals surface area (Å²) in [7, 11) is 0. The molecule has 2 aromatic carbocycles. The van der Waals surface area contributed by atoms with Gasteiger partial charge in [0.25, 0.3) is 0 Å². The van der Waals surface area contributed by atoms with Crippen LogP contribution in [0.3, 0.4) is 0 Å². The van der Waals surface area contributed by atoms with Gasteiger partial charge in [0.05, 0.1) is 11.6 Å². The van der Waals surface area contributed by atoms with E-state index in [1.54, 1.807) is 17.1 Å². The average molecular weight is 444 g/mol. The van der Waals surface area contributed by atoms with Gasteiger partial charge in [-0.3, -0.25) is 5.10 Å². The summed E-state index contributed by atoms with van der Waals surface area (Å²) >= 11 is 14.6. The Morgan fingerprint density at radius 3 is 2.84 bits per heavy atom. The average Bonchev–Trinajstić information content (AvgIpc) is 2.98. The quantitative estimate of drug-likeness (QED) is 0.536. The van der Waals surface area contributed by atoms with E-state index in [-0.39, 0.29) is 12.4 Å². The Labute approximate surface area is 161 Å². The van der Waals surface area contributed by atoms with Gasteiger partial charge in [-0.05, 0) is 42.5 Å². The molecule has 130 valence electrons. The van der Waals surface area contributed by atoms with E-state index in [2.05, 4.69) is 31.6 Å². The Hall–Kier alpha value is -1.90. The maximum absolute atomic E-state index is 13.1. The SMILES string of the molecule is Fc1ccc(COc2ccc(Br)cc2CNn2cn[nH]c2=S)c(Cl)c1. The number of aromatic amines is 1. The Morgan fingerprint density at radius 2 is 2.12 bits per heavy atom. The molecule has 2 N–H and O–H groups in total. The Morgan fingerprint density at radius 1 is 1.28 bits per heavy atom. The number of nitrogens with one attached hydrogen (secondary N) is 2. The molecule has 3 rings (SSSR count). The van der Waals surface area contributed by atoms with Crippen LogP contribution < -0.4 is 10.2 Å². The van der Waals surface area contributed by atoms with Crippen molar-refractivity contribution in [2.75, 3.05) is 5.43 Å². The van der Waals surface area contributed by atoms with Crippen molar-refractivity contribution in [3.8, 4) is 5.75 Å². The van der Waals surface area contributed by atoms with Crippen LogP contribution in [0, 0.1) is 10.6 Å². The molecule has 0 aliphatic carbocycles. The molecule has 0 aliphatic heterocycles. The molecule has 9 heteroatoms. The molecule has 0 amide bonds. The molecule has 1 heterocycles. The summed E-state index contributed by atoms with van der Waals surface area (Å²) in [6, 6.07) is 9.92. The number of rotatable bonds is 6. The summed E-state index contributed by atoms with van der Waals surface area (Å²) in [5.74, 6) is 0.310. The minimum Gasteiger partial charge on any atom is -0.488 e. The molecule has 0 aliphatic rings. The van der Waals surface area contributed by atoms with Crippen LogP contribution in [0.5, 0.6) is 5.75 Å². The highest BCUT2D eigenvalue weighted by molar-refractivity contribution is 9.10. The minimum atomic E-state index is -0.376. The number of benzene rings is 2. The van der Waals surface area contributed by atoms with Gasteiger partial charge in [-0.2, -0.15) is 5.10 Å². The van der Waals surface area contributed by atoms with E-state index in [1.807, 2.05) is 18.2 Å². The fourth-order valence-corrected chi connectivity index (χ4v) is 2.95. The van der Waals surface area contributed by atoms with Crippen LogP contribution in [0.25, 0.3) is 0 Å². The van der Waals surface area contributed by atoms with Crippen LogP contribution in [0.4, 0.5) is 4.39 Å². The number of H-pyrrole nitrogens is 1. The maximum Gasteiger partial charge on any atom is 0.214 e. The first-order valence-corrected chi connectivity index (χ1v) is 8.82. The lowest BCUT2D eigenvalue weighted by Gasteiger charge is -2.14. The van der Waals surface area contributed by atoms with Crippen LogP contribution >= 0.6 is 39.7 Å². The van der Waals surface area contributed by atoms with Crippen molar-refractivity contribution in [3.63, 3.8) is 0 Å². The summed E-state index contributed by atoms with van der Waals surface area (Å²) < 4.78 is 22.0. The molecule has 0 saturated carbocycles. The van der Waals surface area contributed by atoms with E-state index in [9.17, 15) is 4.39 Å². The van der Waals surface area contributed by atoms with Crippen LogP contribution in [0.15, 0.2) is 47.2 Å². The lowest BCUT2D eigenvalue weighted by atomic mass is 10.2. The topological polar surface area (TPSA) is 54.9 Å². The number of hydrogen-bond donors (Lipinski definition) is 2. The summed E-state index contributed by atoms with van der Waals surface area (Å²) in [5.41, 5.74) is 4.76. The van der Waals surface area contributed by atoms with E-state index < -0.39 is 0 Å². The lowest BCUT2D eigenvalue weighted by molar-refractivity contribution is 0.303. The molecule has 0 spiro atoms. The smallest absolute Gasteiger partial charge is 0.214 e. The zero-order valence-corrected chi connectivity index (χ0v) is 16.0. The molecule has 0 fully saturated rings. The van der Waals surface area contributed by atoms with Gasteiger partial charge in [-0.1, -0.05) is 33.6 Å². The van der Waals surface area contributed by atoms with Crippen molar-refractivity contribution in [2.24, 2.45) is 0 Å². The molecule has 0 bridgehead atoms. The fraction of sp³-hybridized carbons (Fsp3) is 0.125. The molecule has 0 unspecified atom stereocenters. The molecule has 0 saturated heterocycles. The minimum absolute atomic E-state index is 0.235. The second-order valence-corrected chi connectivity index (χ2v) is 6.85. The highest BCUT2D eigenvalue weighted by atomic mass is 79.9. The molecule has 5 nitrogen and oxygen atoms in total. The normalized spacial score (nSPS) is 10.7. The number of nitrogens with zero attached hydrogens (tertiary/aromatic N) is 2. The lowest BCUT2D eigenvalue weighted by Crippen LogP contribution is -2.14. The molecule has 0 radical (unpaired) electrons. The van der Waals surface area contributed by atoms with Gasteiger partial charge in [0.15, 0.2) is 0 Å². The van der Waals surface area contributed by atoms with Crippen LogP contribution in [-0.4, -0.2) is 14.9 Å². The first kappa shape index (κ1) is 17.9. The van der Waals surface area contributed by atoms with Crippen LogP contribution in [-0.2, 0) is 13.2 Å². The predicted octanol–water partition coefficient (Wildman–Crippen LogP) is 4.82. The highest BCUT2D eigenvalue weighted by Gasteiger charge is 2.08. The van der Waals surface area contributed by atoms with Gasteiger partial charge in [-0.15, -0.1) is 0 Å². The Balaban J connectivity index is 1.74. The van der Waals surface area contributed by atoms with E-state index in [0.717, 1.165) is 10.0 Å². The number of aromatic nitrogens is 3. The Bertz CT molecular complexity index is 946. The third kappa shape index (κ3) is 4.59. The van der Waals surface area contributed by atoms with Gasteiger partial charge in [0.2, 0.25) is 4.77 Å². The summed E-state index contributed by atoms with van der Waals surface area (Å²) in [6.07, 6.45) is 1.55.